The summed E-state index contributed by atoms with van der Waals surface area (Å²) >= 11 is 0. The van der Waals surface area contributed by atoms with Gasteiger partial charge in [0.25, 0.3) is 0 Å². The van der Waals surface area contributed by atoms with Crippen molar-refractivity contribution >= 4 is 12.1 Å². The molecule has 6 nitrogen and oxygen atoms in total. The predicted molar refractivity (Wildman–Crippen MR) is 83.5 cm³/mol. The minimum absolute atomic E-state index is 0.106. The zero-order chi connectivity index (χ0) is 17.0. The molecule has 0 unspecified atom stereocenters. The molecule has 0 aromatic heterocycles. The summed E-state index contributed by atoms with van der Waals surface area (Å²) in [5.74, 6) is -0.506. The van der Waals surface area contributed by atoms with Crippen molar-refractivity contribution in [3.8, 4) is 0 Å². The Balaban J connectivity index is 2.12. The Morgan fingerprint density at radius 1 is 1.26 bits per heavy atom. The van der Waals surface area contributed by atoms with Gasteiger partial charge in [-0.25, -0.2) is 9.59 Å². The van der Waals surface area contributed by atoms with Crippen LogP contribution in [0.5, 0.6) is 0 Å². The van der Waals surface area contributed by atoms with E-state index in [1.54, 1.807) is 0 Å². The highest BCUT2D eigenvalue weighted by Crippen LogP contribution is 2.32. The van der Waals surface area contributed by atoms with Crippen molar-refractivity contribution in [2.24, 2.45) is 5.41 Å². The smallest absolute Gasteiger partial charge is 0.413 e. The zero-order valence-corrected chi connectivity index (χ0v) is 13.9. The van der Waals surface area contributed by atoms with Gasteiger partial charge in [-0.3, -0.25) is 4.90 Å². The number of amides is 1. The van der Waals surface area contributed by atoms with Crippen molar-refractivity contribution in [1.29, 1.82) is 0 Å². The van der Waals surface area contributed by atoms with Crippen LogP contribution >= 0.6 is 0 Å². The molecule has 0 bridgehead atoms. The van der Waals surface area contributed by atoms with E-state index in [2.05, 4.69) is 0 Å². The average molecular weight is 321 g/mol. The normalized spacial score (nSPS) is 21.1. The number of nitrogens with zero attached hydrogens (tertiary/aromatic N) is 1. The Morgan fingerprint density at radius 3 is 2.48 bits per heavy atom. The van der Waals surface area contributed by atoms with Gasteiger partial charge >= 0.3 is 12.1 Å². The number of carbonyl (C=O) groups excluding carboxylic acids is 2. The van der Waals surface area contributed by atoms with Gasteiger partial charge in [-0.15, -0.1) is 0 Å². The first kappa shape index (κ1) is 17.3. The topological polar surface area (TPSA) is 65.1 Å². The molecule has 1 aromatic rings. The van der Waals surface area contributed by atoms with Crippen LogP contribution in [0.2, 0.25) is 0 Å². The lowest BCUT2D eigenvalue weighted by atomic mass is 9.93. The van der Waals surface area contributed by atoms with Gasteiger partial charge in [0.15, 0.2) is 6.04 Å². The lowest BCUT2D eigenvalue weighted by Gasteiger charge is -2.34. The molecule has 23 heavy (non-hydrogen) atoms. The van der Waals surface area contributed by atoms with E-state index in [0.29, 0.717) is 0 Å². The summed E-state index contributed by atoms with van der Waals surface area (Å²) in [7, 11) is 1.29. The highest BCUT2D eigenvalue weighted by atomic mass is 16.6. The van der Waals surface area contributed by atoms with Gasteiger partial charge in [0, 0.05) is 5.41 Å². The van der Waals surface area contributed by atoms with E-state index in [-0.39, 0.29) is 18.6 Å². The van der Waals surface area contributed by atoms with Crippen LogP contribution in [-0.2, 0) is 25.6 Å². The van der Waals surface area contributed by atoms with Crippen molar-refractivity contribution in [3.63, 3.8) is 0 Å². The largest absolute Gasteiger partial charge is 0.467 e. The molecule has 0 radical (unpaired) electrons. The van der Waals surface area contributed by atoms with E-state index >= 15 is 0 Å². The molecule has 1 aliphatic heterocycles. The molecule has 0 saturated carbocycles. The molecule has 2 rings (SSSR count). The fraction of sp³-hybridized carbons (Fsp3) is 0.529. The van der Waals surface area contributed by atoms with E-state index in [9.17, 15) is 9.59 Å². The third kappa shape index (κ3) is 4.01. The van der Waals surface area contributed by atoms with Crippen LogP contribution in [0.1, 0.15) is 26.3 Å². The standard InChI is InChI=1S/C17H23NO5/c1-17(2,3)15-18(13(11-22-15)14(19)21-4)16(20)23-10-12-8-6-5-7-9-12/h5-9,13,15H,10-11H2,1-4H3/t13-,15+/m0/s1. The van der Waals surface area contributed by atoms with Crippen molar-refractivity contribution in [2.75, 3.05) is 13.7 Å². The third-order valence-corrected chi connectivity index (χ3v) is 3.63. The van der Waals surface area contributed by atoms with Crippen LogP contribution in [0.3, 0.4) is 0 Å². The van der Waals surface area contributed by atoms with Crippen LogP contribution in [0.25, 0.3) is 0 Å². The molecule has 6 heteroatoms. The number of esters is 1. The molecule has 1 aliphatic rings. The van der Waals surface area contributed by atoms with Gasteiger partial charge in [0.05, 0.1) is 13.7 Å². The molecule has 0 N–H and O–H groups in total. The second-order valence-electron chi connectivity index (χ2n) is 6.54. The van der Waals surface area contributed by atoms with Crippen molar-refractivity contribution in [2.45, 2.75) is 39.6 Å². The van der Waals surface area contributed by atoms with Crippen molar-refractivity contribution < 1.29 is 23.8 Å². The summed E-state index contributed by atoms with van der Waals surface area (Å²) in [6, 6.07) is 8.59. The zero-order valence-electron chi connectivity index (χ0n) is 13.9. The summed E-state index contributed by atoms with van der Waals surface area (Å²) in [4.78, 5) is 25.8. The lowest BCUT2D eigenvalue weighted by Crippen LogP contribution is -2.50. The molecule has 1 aromatic carbocycles. The fourth-order valence-electron chi connectivity index (χ4n) is 2.51. The number of methoxy groups -OCH3 is 1. The van der Waals surface area contributed by atoms with Gasteiger partial charge in [-0.1, -0.05) is 51.1 Å². The highest BCUT2D eigenvalue weighted by molar-refractivity contribution is 5.82. The molecule has 1 heterocycles. The SMILES string of the molecule is COC(=O)[C@@H]1CO[C@H](C(C)(C)C)N1C(=O)OCc1ccccc1. The Labute approximate surface area is 136 Å². The summed E-state index contributed by atoms with van der Waals surface area (Å²) in [5.41, 5.74) is 0.525. The van der Waals surface area contributed by atoms with E-state index in [1.807, 2.05) is 51.1 Å². The van der Waals surface area contributed by atoms with Gasteiger partial charge in [-0.05, 0) is 5.56 Å². The molecule has 1 saturated heterocycles. The van der Waals surface area contributed by atoms with E-state index in [0.717, 1.165) is 5.56 Å². The lowest BCUT2D eigenvalue weighted by molar-refractivity contribution is -0.145. The van der Waals surface area contributed by atoms with Crippen LogP contribution in [0.15, 0.2) is 30.3 Å². The van der Waals surface area contributed by atoms with Crippen LogP contribution in [0.4, 0.5) is 4.79 Å². The number of ether oxygens (including phenoxy) is 3. The number of carbonyl (C=O) groups is 2. The quantitative estimate of drug-likeness (QED) is 0.801. The molecule has 126 valence electrons. The molecular weight excluding hydrogens is 298 g/mol. The Bertz CT molecular complexity index is 552. The van der Waals surface area contributed by atoms with Gasteiger partial charge in [0.2, 0.25) is 0 Å². The maximum atomic E-state index is 12.5. The van der Waals surface area contributed by atoms with Crippen molar-refractivity contribution in [3.05, 3.63) is 35.9 Å². The monoisotopic (exact) mass is 321 g/mol. The summed E-state index contributed by atoms with van der Waals surface area (Å²) in [6.07, 6.45) is -1.13. The number of hydrogen-bond donors (Lipinski definition) is 0. The Hall–Kier alpha value is -2.08. The molecule has 2 atom stereocenters. The van der Waals surface area contributed by atoms with Crippen LogP contribution in [-0.4, -0.2) is 42.9 Å². The van der Waals surface area contributed by atoms with Crippen LogP contribution in [0, 0.1) is 5.41 Å². The van der Waals surface area contributed by atoms with Crippen molar-refractivity contribution in [1.82, 2.24) is 4.90 Å². The van der Waals surface area contributed by atoms with Gasteiger partial charge < -0.3 is 14.2 Å². The second kappa shape index (κ2) is 7.00. The van der Waals surface area contributed by atoms with Crippen LogP contribution < -0.4 is 0 Å². The average Bonchev–Trinajstić information content (AvgIpc) is 2.98. The second-order valence-corrected chi connectivity index (χ2v) is 6.54. The molecule has 1 amide bonds. The summed E-state index contributed by atoms with van der Waals surface area (Å²) in [5, 5.41) is 0. The fourth-order valence-corrected chi connectivity index (χ4v) is 2.51. The molecule has 1 fully saturated rings. The highest BCUT2D eigenvalue weighted by Gasteiger charge is 2.48. The minimum atomic E-state index is -0.785. The summed E-state index contributed by atoms with van der Waals surface area (Å²) < 4.78 is 15.8. The Morgan fingerprint density at radius 2 is 1.91 bits per heavy atom. The first-order chi connectivity index (χ1) is 10.8. The van der Waals surface area contributed by atoms with Gasteiger partial charge in [-0.2, -0.15) is 0 Å². The Kier molecular flexibility index (Phi) is 5.26. The van der Waals surface area contributed by atoms with Gasteiger partial charge in [0.1, 0.15) is 12.8 Å². The predicted octanol–water partition coefficient (Wildman–Crippen LogP) is 2.57. The minimum Gasteiger partial charge on any atom is -0.467 e. The number of hydrogen-bond acceptors (Lipinski definition) is 5. The first-order valence-electron chi connectivity index (χ1n) is 7.53. The maximum Gasteiger partial charge on any atom is 0.413 e. The third-order valence-electron chi connectivity index (χ3n) is 3.63. The molecular formula is C17H23NO5. The first-order valence-corrected chi connectivity index (χ1v) is 7.53. The summed E-state index contributed by atoms with van der Waals surface area (Å²) in [6.45, 7) is 6.06. The number of benzene rings is 1. The maximum absolute atomic E-state index is 12.5. The van der Waals surface area contributed by atoms with E-state index in [4.69, 9.17) is 14.2 Å². The number of rotatable bonds is 3. The molecule has 0 aliphatic carbocycles. The van der Waals surface area contributed by atoms with E-state index in [1.165, 1.54) is 12.0 Å². The van der Waals surface area contributed by atoms with E-state index < -0.39 is 24.3 Å². The molecule has 0 spiro atoms.